The molecule has 1 aliphatic rings. The van der Waals surface area contributed by atoms with Crippen molar-refractivity contribution in [2.45, 2.75) is 13.3 Å². The monoisotopic (exact) mass is 188 g/mol. The van der Waals surface area contributed by atoms with Gasteiger partial charge in [0.15, 0.2) is 0 Å². The molecule has 12 heavy (non-hydrogen) atoms. The van der Waals surface area contributed by atoms with Gasteiger partial charge in [0, 0.05) is 25.2 Å². The highest BCUT2D eigenvalue weighted by Crippen LogP contribution is 2.02. The molecule has 1 N–H and O–H groups in total. The van der Waals surface area contributed by atoms with Crippen LogP contribution in [0.15, 0.2) is 11.1 Å². The average Bonchev–Trinajstić information content (AvgIpc) is 2.33. The van der Waals surface area contributed by atoms with Crippen molar-refractivity contribution in [3.8, 4) is 0 Å². The van der Waals surface area contributed by atoms with Crippen LogP contribution in [0, 0.1) is 0 Å². The SMILES string of the molecule is CC(=CCl)CN1CCCNCC1. The summed E-state index contributed by atoms with van der Waals surface area (Å²) in [6.07, 6.45) is 1.25. The summed E-state index contributed by atoms with van der Waals surface area (Å²) in [7, 11) is 0. The van der Waals surface area contributed by atoms with Gasteiger partial charge in [-0.2, -0.15) is 0 Å². The Morgan fingerprint density at radius 2 is 2.33 bits per heavy atom. The summed E-state index contributed by atoms with van der Waals surface area (Å²) in [5.41, 5.74) is 2.93. The summed E-state index contributed by atoms with van der Waals surface area (Å²) in [6.45, 7) is 7.68. The summed E-state index contributed by atoms with van der Waals surface area (Å²) in [4.78, 5) is 2.44. The largest absolute Gasteiger partial charge is 0.315 e. The van der Waals surface area contributed by atoms with Crippen molar-refractivity contribution in [2.75, 3.05) is 32.7 Å². The molecule has 1 fully saturated rings. The fourth-order valence-corrected chi connectivity index (χ4v) is 1.52. The first-order valence-corrected chi connectivity index (χ1v) is 4.95. The average molecular weight is 189 g/mol. The molecule has 0 atom stereocenters. The van der Waals surface area contributed by atoms with Crippen LogP contribution in [0.2, 0.25) is 0 Å². The normalized spacial score (nSPS) is 22.3. The zero-order valence-corrected chi connectivity index (χ0v) is 8.40. The van der Waals surface area contributed by atoms with E-state index in [9.17, 15) is 0 Å². The molecule has 1 heterocycles. The van der Waals surface area contributed by atoms with Crippen molar-refractivity contribution < 1.29 is 0 Å². The van der Waals surface area contributed by atoms with Crippen LogP contribution in [0.1, 0.15) is 13.3 Å². The quantitative estimate of drug-likeness (QED) is 0.706. The van der Waals surface area contributed by atoms with Crippen LogP contribution in [0.4, 0.5) is 0 Å². The highest BCUT2D eigenvalue weighted by Gasteiger charge is 2.07. The third-order valence-electron chi connectivity index (χ3n) is 2.09. The van der Waals surface area contributed by atoms with Crippen LogP contribution in [-0.2, 0) is 0 Å². The van der Waals surface area contributed by atoms with Gasteiger partial charge in [0.05, 0.1) is 0 Å². The Labute approximate surface area is 79.6 Å². The lowest BCUT2D eigenvalue weighted by Crippen LogP contribution is -2.29. The highest BCUT2D eigenvalue weighted by molar-refractivity contribution is 6.25. The molecule has 1 rings (SSSR count). The lowest BCUT2D eigenvalue weighted by atomic mass is 10.3. The van der Waals surface area contributed by atoms with Gasteiger partial charge in [-0.3, -0.25) is 4.90 Å². The van der Waals surface area contributed by atoms with E-state index < -0.39 is 0 Å². The maximum atomic E-state index is 5.61. The molecule has 3 heteroatoms. The smallest absolute Gasteiger partial charge is 0.0202 e. The first kappa shape index (κ1) is 10.0. The Morgan fingerprint density at radius 3 is 3.08 bits per heavy atom. The number of nitrogens with zero attached hydrogens (tertiary/aromatic N) is 1. The van der Waals surface area contributed by atoms with Crippen LogP contribution >= 0.6 is 11.6 Å². The molecular weight excluding hydrogens is 172 g/mol. The summed E-state index contributed by atoms with van der Waals surface area (Å²) < 4.78 is 0. The van der Waals surface area contributed by atoms with E-state index in [-0.39, 0.29) is 0 Å². The number of rotatable bonds is 2. The lowest BCUT2D eigenvalue weighted by Gasteiger charge is -2.18. The van der Waals surface area contributed by atoms with E-state index in [4.69, 9.17) is 11.6 Å². The Kier molecular flexibility index (Phi) is 4.66. The minimum Gasteiger partial charge on any atom is -0.315 e. The molecule has 1 aliphatic heterocycles. The molecule has 1 saturated heterocycles. The topological polar surface area (TPSA) is 15.3 Å². The fourth-order valence-electron chi connectivity index (χ4n) is 1.45. The van der Waals surface area contributed by atoms with Crippen molar-refractivity contribution >= 4 is 11.6 Å². The summed E-state index contributed by atoms with van der Waals surface area (Å²) in [6, 6.07) is 0. The number of halogens is 1. The molecule has 0 aromatic heterocycles. The predicted octanol–water partition coefficient (Wildman–Crippen LogP) is 1.42. The number of hydrogen-bond acceptors (Lipinski definition) is 2. The van der Waals surface area contributed by atoms with E-state index in [0.717, 1.165) is 26.2 Å². The third kappa shape index (κ3) is 3.57. The van der Waals surface area contributed by atoms with E-state index >= 15 is 0 Å². The van der Waals surface area contributed by atoms with Gasteiger partial charge in [-0.25, -0.2) is 0 Å². The second kappa shape index (κ2) is 5.57. The minimum atomic E-state index is 1.02. The van der Waals surface area contributed by atoms with Crippen LogP contribution in [-0.4, -0.2) is 37.6 Å². The predicted molar refractivity (Wildman–Crippen MR) is 53.5 cm³/mol. The van der Waals surface area contributed by atoms with E-state index in [0.29, 0.717) is 0 Å². The fraction of sp³-hybridized carbons (Fsp3) is 0.778. The second-order valence-electron chi connectivity index (χ2n) is 3.34. The molecule has 0 aromatic rings. The van der Waals surface area contributed by atoms with Crippen LogP contribution in [0.25, 0.3) is 0 Å². The molecule has 0 bridgehead atoms. The van der Waals surface area contributed by atoms with Crippen LogP contribution < -0.4 is 5.32 Å². The van der Waals surface area contributed by atoms with Crippen molar-refractivity contribution in [2.24, 2.45) is 0 Å². The standard InChI is InChI=1S/C9H17ClN2/c1-9(7-10)8-12-5-2-3-11-4-6-12/h7,11H,2-6,8H2,1H3. The van der Waals surface area contributed by atoms with Crippen molar-refractivity contribution in [1.29, 1.82) is 0 Å². The summed E-state index contributed by atoms with van der Waals surface area (Å²) >= 11 is 5.61. The molecule has 0 aromatic carbocycles. The molecule has 0 aliphatic carbocycles. The van der Waals surface area contributed by atoms with Gasteiger partial charge < -0.3 is 5.32 Å². The molecule has 0 saturated carbocycles. The first-order valence-electron chi connectivity index (χ1n) is 4.52. The van der Waals surface area contributed by atoms with Gasteiger partial charge in [0.1, 0.15) is 0 Å². The van der Waals surface area contributed by atoms with Gasteiger partial charge in [-0.15, -0.1) is 0 Å². The zero-order chi connectivity index (χ0) is 8.81. The summed E-state index contributed by atoms with van der Waals surface area (Å²) in [5.74, 6) is 0. The van der Waals surface area contributed by atoms with E-state index in [2.05, 4.69) is 17.1 Å². The Bertz CT molecular complexity index is 149. The minimum absolute atomic E-state index is 1.02. The van der Waals surface area contributed by atoms with Gasteiger partial charge >= 0.3 is 0 Å². The second-order valence-corrected chi connectivity index (χ2v) is 3.55. The molecule has 70 valence electrons. The van der Waals surface area contributed by atoms with Crippen molar-refractivity contribution in [3.63, 3.8) is 0 Å². The Morgan fingerprint density at radius 1 is 1.50 bits per heavy atom. The van der Waals surface area contributed by atoms with Gasteiger partial charge in [0.2, 0.25) is 0 Å². The zero-order valence-electron chi connectivity index (χ0n) is 7.65. The molecule has 0 unspecified atom stereocenters. The summed E-state index contributed by atoms with van der Waals surface area (Å²) in [5, 5.41) is 3.37. The Balaban J connectivity index is 2.29. The number of nitrogens with one attached hydrogen (secondary N) is 1. The van der Waals surface area contributed by atoms with Gasteiger partial charge in [-0.05, 0) is 32.0 Å². The van der Waals surface area contributed by atoms with E-state index in [1.165, 1.54) is 18.5 Å². The van der Waals surface area contributed by atoms with Crippen LogP contribution in [0.5, 0.6) is 0 Å². The Hall–Kier alpha value is -0.0500. The molecule has 2 nitrogen and oxygen atoms in total. The van der Waals surface area contributed by atoms with Crippen molar-refractivity contribution in [1.82, 2.24) is 10.2 Å². The van der Waals surface area contributed by atoms with E-state index in [1.54, 1.807) is 5.54 Å². The van der Waals surface area contributed by atoms with Crippen LogP contribution in [0.3, 0.4) is 0 Å². The highest BCUT2D eigenvalue weighted by atomic mass is 35.5. The molecule has 0 radical (unpaired) electrons. The molecule has 0 amide bonds. The number of hydrogen-bond donors (Lipinski definition) is 1. The van der Waals surface area contributed by atoms with Gasteiger partial charge in [0.25, 0.3) is 0 Å². The van der Waals surface area contributed by atoms with Crippen molar-refractivity contribution in [3.05, 3.63) is 11.1 Å². The van der Waals surface area contributed by atoms with Gasteiger partial charge in [-0.1, -0.05) is 11.6 Å². The first-order chi connectivity index (χ1) is 5.83. The molecular formula is C9H17ClN2. The maximum Gasteiger partial charge on any atom is 0.0202 e. The maximum absolute atomic E-state index is 5.61. The van der Waals surface area contributed by atoms with E-state index in [1.807, 2.05) is 0 Å². The molecule has 0 spiro atoms. The lowest BCUT2D eigenvalue weighted by molar-refractivity contribution is 0.317. The third-order valence-corrected chi connectivity index (χ3v) is 2.46.